The summed E-state index contributed by atoms with van der Waals surface area (Å²) in [6.45, 7) is 4.87. The van der Waals surface area contributed by atoms with Crippen molar-refractivity contribution in [3.8, 4) is 0 Å². The fraction of sp³-hybridized carbons (Fsp3) is 0.429. The molecule has 2 aromatic rings. The van der Waals surface area contributed by atoms with Crippen LogP contribution >= 0.6 is 0 Å². The molecule has 0 aromatic heterocycles. The zero-order chi connectivity index (χ0) is 15.6. The lowest BCUT2D eigenvalue weighted by Crippen LogP contribution is -2.37. The predicted octanol–water partition coefficient (Wildman–Crippen LogP) is 3.29. The second kappa shape index (κ2) is 6.46. The molecule has 0 radical (unpaired) electrons. The third-order valence-corrected chi connectivity index (χ3v) is 5.62. The van der Waals surface area contributed by atoms with Gasteiger partial charge < -0.3 is 4.90 Å². The van der Waals surface area contributed by atoms with Crippen LogP contribution in [0.1, 0.15) is 11.1 Å². The van der Waals surface area contributed by atoms with Gasteiger partial charge in [-0.15, -0.1) is 0 Å². The van der Waals surface area contributed by atoms with Crippen LogP contribution in [0.2, 0.25) is 0 Å². The van der Waals surface area contributed by atoms with Gasteiger partial charge in [0.1, 0.15) is 0 Å². The van der Waals surface area contributed by atoms with Crippen LogP contribution in [-0.4, -0.2) is 42.5 Å². The topological polar surface area (TPSA) is 6.48 Å². The van der Waals surface area contributed by atoms with E-state index in [2.05, 4.69) is 77.5 Å². The average Bonchev–Trinajstić information content (AvgIpc) is 3.07. The molecule has 2 heterocycles. The van der Waals surface area contributed by atoms with Gasteiger partial charge in [0.05, 0.1) is 0 Å². The molecule has 3 atom stereocenters. The van der Waals surface area contributed by atoms with Gasteiger partial charge in [-0.25, -0.2) is 0 Å². The molecule has 2 fully saturated rings. The molecule has 23 heavy (non-hydrogen) atoms. The van der Waals surface area contributed by atoms with Crippen molar-refractivity contribution in [3.05, 3.63) is 71.8 Å². The highest BCUT2D eigenvalue weighted by Gasteiger charge is 2.45. The van der Waals surface area contributed by atoms with E-state index in [0.717, 1.165) is 18.4 Å². The maximum absolute atomic E-state index is 2.74. The van der Waals surface area contributed by atoms with E-state index in [9.17, 15) is 0 Å². The van der Waals surface area contributed by atoms with Gasteiger partial charge in [0.15, 0.2) is 0 Å². The van der Waals surface area contributed by atoms with E-state index >= 15 is 0 Å². The summed E-state index contributed by atoms with van der Waals surface area (Å²) >= 11 is 0. The van der Waals surface area contributed by atoms with E-state index in [4.69, 9.17) is 0 Å². The number of likely N-dealkylation sites (tertiary alicyclic amines) is 2. The quantitative estimate of drug-likeness (QED) is 0.855. The zero-order valence-corrected chi connectivity index (χ0v) is 13.9. The van der Waals surface area contributed by atoms with Crippen molar-refractivity contribution in [1.29, 1.82) is 0 Å². The minimum absolute atomic E-state index is 0.674. The van der Waals surface area contributed by atoms with Crippen LogP contribution in [0.25, 0.3) is 0 Å². The Balaban J connectivity index is 1.54. The maximum atomic E-state index is 2.74. The Morgan fingerprint density at radius 3 is 2.17 bits per heavy atom. The second-order valence-electron chi connectivity index (χ2n) is 7.32. The molecule has 0 unspecified atom stereocenters. The van der Waals surface area contributed by atoms with Crippen molar-refractivity contribution < 1.29 is 0 Å². The van der Waals surface area contributed by atoms with Crippen molar-refractivity contribution >= 4 is 0 Å². The standard InChI is InChI=1S/C21H26N2/c1-22-14-19-15-23(13-18-10-6-3-7-11-18)21(20(19)16-22)12-17-8-4-2-5-9-17/h2-11,19-21H,12-16H2,1H3/t19-,20-,21+/m1/s1. The monoisotopic (exact) mass is 306 g/mol. The number of rotatable bonds is 4. The number of benzene rings is 2. The molecular formula is C21H26N2. The van der Waals surface area contributed by atoms with Crippen LogP contribution in [0.15, 0.2) is 60.7 Å². The van der Waals surface area contributed by atoms with E-state index in [1.165, 1.54) is 37.2 Å². The molecule has 2 aliphatic heterocycles. The average molecular weight is 306 g/mol. The summed E-state index contributed by atoms with van der Waals surface area (Å²) in [6, 6.07) is 22.7. The number of hydrogen-bond acceptors (Lipinski definition) is 2. The molecule has 2 nitrogen and oxygen atoms in total. The Labute approximate surface area is 139 Å². The minimum Gasteiger partial charge on any atom is -0.306 e. The van der Waals surface area contributed by atoms with Crippen molar-refractivity contribution in [2.24, 2.45) is 11.8 Å². The molecule has 0 bridgehead atoms. The third-order valence-electron chi connectivity index (χ3n) is 5.62. The number of hydrogen-bond donors (Lipinski definition) is 0. The highest BCUT2D eigenvalue weighted by atomic mass is 15.2. The van der Waals surface area contributed by atoms with Gasteiger partial charge in [-0.3, -0.25) is 4.90 Å². The Morgan fingerprint density at radius 1 is 0.826 bits per heavy atom. The largest absolute Gasteiger partial charge is 0.306 e. The molecule has 0 N–H and O–H groups in total. The zero-order valence-electron chi connectivity index (χ0n) is 13.9. The first-order valence-electron chi connectivity index (χ1n) is 8.80. The van der Waals surface area contributed by atoms with Crippen molar-refractivity contribution in [3.63, 3.8) is 0 Å². The summed E-state index contributed by atoms with van der Waals surface area (Å²) in [5, 5.41) is 0. The first kappa shape index (κ1) is 14.9. The molecule has 0 spiro atoms. The molecule has 2 aromatic carbocycles. The SMILES string of the molecule is CN1C[C@@H]2CN(Cc3ccccc3)[C@@H](Cc3ccccc3)[C@@H]2C1. The Morgan fingerprint density at radius 2 is 1.48 bits per heavy atom. The Bertz CT molecular complexity index is 625. The molecule has 0 amide bonds. The van der Waals surface area contributed by atoms with Crippen molar-refractivity contribution in [1.82, 2.24) is 9.80 Å². The van der Waals surface area contributed by atoms with Crippen molar-refractivity contribution in [2.45, 2.75) is 19.0 Å². The molecule has 0 saturated carbocycles. The fourth-order valence-electron chi connectivity index (χ4n) is 4.59. The third kappa shape index (κ3) is 3.19. The van der Waals surface area contributed by atoms with E-state index in [1.54, 1.807) is 0 Å². The normalized spacial score (nSPS) is 28.1. The smallest absolute Gasteiger partial charge is 0.0237 e. The van der Waals surface area contributed by atoms with E-state index in [1.807, 2.05) is 0 Å². The highest BCUT2D eigenvalue weighted by molar-refractivity contribution is 5.19. The van der Waals surface area contributed by atoms with Gasteiger partial charge in [-0.05, 0) is 36.4 Å². The summed E-state index contributed by atoms with van der Waals surface area (Å²) in [7, 11) is 2.28. The Kier molecular flexibility index (Phi) is 4.19. The molecule has 2 heteroatoms. The number of nitrogens with zero attached hydrogens (tertiary/aromatic N) is 2. The van der Waals surface area contributed by atoms with Gasteiger partial charge in [-0.2, -0.15) is 0 Å². The van der Waals surface area contributed by atoms with Gasteiger partial charge >= 0.3 is 0 Å². The molecule has 0 aliphatic carbocycles. The minimum atomic E-state index is 0.674. The van der Waals surface area contributed by atoms with E-state index in [-0.39, 0.29) is 0 Å². The van der Waals surface area contributed by atoms with Crippen LogP contribution < -0.4 is 0 Å². The lowest BCUT2D eigenvalue weighted by Gasteiger charge is -2.29. The van der Waals surface area contributed by atoms with Gasteiger partial charge in [0.2, 0.25) is 0 Å². The summed E-state index contributed by atoms with van der Waals surface area (Å²) in [6.07, 6.45) is 1.18. The van der Waals surface area contributed by atoms with Crippen LogP contribution in [0, 0.1) is 11.8 Å². The molecular weight excluding hydrogens is 280 g/mol. The molecule has 120 valence electrons. The summed E-state index contributed by atoms with van der Waals surface area (Å²) in [4.78, 5) is 5.26. The van der Waals surface area contributed by atoms with Gasteiger partial charge in [0.25, 0.3) is 0 Å². The van der Waals surface area contributed by atoms with E-state index in [0.29, 0.717) is 6.04 Å². The molecule has 4 rings (SSSR count). The summed E-state index contributed by atoms with van der Waals surface area (Å²) in [5.74, 6) is 1.67. The van der Waals surface area contributed by atoms with Gasteiger partial charge in [-0.1, -0.05) is 60.7 Å². The first-order valence-corrected chi connectivity index (χ1v) is 8.80. The van der Waals surface area contributed by atoms with Crippen LogP contribution in [-0.2, 0) is 13.0 Å². The Hall–Kier alpha value is -1.64. The lowest BCUT2D eigenvalue weighted by atomic mass is 9.90. The van der Waals surface area contributed by atoms with Crippen LogP contribution in [0.3, 0.4) is 0 Å². The summed E-state index contributed by atoms with van der Waals surface area (Å²) < 4.78 is 0. The van der Waals surface area contributed by atoms with E-state index < -0.39 is 0 Å². The van der Waals surface area contributed by atoms with Gasteiger partial charge in [0, 0.05) is 32.2 Å². The highest BCUT2D eigenvalue weighted by Crippen LogP contribution is 2.37. The van der Waals surface area contributed by atoms with Crippen LogP contribution in [0.5, 0.6) is 0 Å². The predicted molar refractivity (Wildman–Crippen MR) is 95.3 cm³/mol. The molecule has 2 aliphatic rings. The molecule has 2 saturated heterocycles. The second-order valence-corrected chi connectivity index (χ2v) is 7.32. The van der Waals surface area contributed by atoms with Crippen LogP contribution in [0.4, 0.5) is 0 Å². The first-order chi connectivity index (χ1) is 11.3. The lowest BCUT2D eigenvalue weighted by molar-refractivity contribution is 0.196. The maximum Gasteiger partial charge on any atom is 0.0237 e. The number of fused-ring (bicyclic) bond motifs is 1. The summed E-state index contributed by atoms with van der Waals surface area (Å²) in [5.41, 5.74) is 2.92. The van der Waals surface area contributed by atoms with Crippen molar-refractivity contribution in [2.75, 3.05) is 26.7 Å². The fourth-order valence-corrected chi connectivity index (χ4v) is 4.59.